The molecule has 0 aliphatic carbocycles. The summed E-state index contributed by atoms with van der Waals surface area (Å²) in [7, 11) is 1.80. The number of hydrogen-bond donors (Lipinski definition) is 2. The van der Waals surface area contributed by atoms with Crippen LogP contribution in [0.4, 0.5) is 5.69 Å². The minimum Gasteiger partial charge on any atom is -0.388 e. The fourth-order valence-corrected chi connectivity index (χ4v) is 2.82. The summed E-state index contributed by atoms with van der Waals surface area (Å²) in [5.74, 6) is -0.800. The van der Waals surface area contributed by atoms with Gasteiger partial charge in [0.15, 0.2) is 0 Å². The first-order valence-electron chi connectivity index (χ1n) is 8.56. The molecule has 3 rings (SSSR count). The molecular formula is C18H27N3O3. The van der Waals surface area contributed by atoms with Crippen molar-refractivity contribution in [3.05, 3.63) is 29.3 Å². The highest BCUT2D eigenvalue weighted by molar-refractivity contribution is 6.06. The molecule has 2 aliphatic rings. The monoisotopic (exact) mass is 333 g/mol. The molecule has 6 nitrogen and oxygen atoms in total. The summed E-state index contributed by atoms with van der Waals surface area (Å²) in [6.07, 6.45) is 0.661. The average molecular weight is 333 g/mol. The van der Waals surface area contributed by atoms with Gasteiger partial charge in [0.05, 0.1) is 0 Å². The number of imide groups is 1. The van der Waals surface area contributed by atoms with Gasteiger partial charge in [-0.3, -0.25) is 19.7 Å². The molecule has 6 heteroatoms. The first kappa shape index (κ1) is 19.7. The van der Waals surface area contributed by atoms with Crippen molar-refractivity contribution in [3.8, 4) is 0 Å². The highest BCUT2D eigenvalue weighted by atomic mass is 16.2. The lowest BCUT2D eigenvalue weighted by molar-refractivity contribution is -0.136. The molecule has 3 amide bonds. The molecule has 0 spiro atoms. The van der Waals surface area contributed by atoms with E-state index in [2.05, 4.69) is 10.6 Å². The van der Waals surface area contributed by atoms with Gasteiger partial charge in [-0.05, 0) is 18.6 Å². The third-order valence-corrected chi connectivity index (χ3v) is 3.85. The zero-order valence-electron chi connectivity index (χ0n) is 15.1. The predicted molar refractivity (Wildman–Crippen MR) is 94.7 cm³/mol. The van der Waals surface area contributed by atoms with E-state index in [9.17, 15) is 14.4 Å². The van der Waals surface area contributed by atoms with E-state index < -0.39 is 6.04 Å². The number of fused-ring (bicyclic) bond motifs is 1. The fraction of sp³-hybridized carbons (Fsp3) is 0.500. The van der Waals surface area contributed by atoms with E-state index in [-0.39, 0.29) is 24.1 Å². The molecule has 1 aromatic carbocycles. The van der Waals surface area contributed by atoms with Crippen molar-refractivity contribution in [1.82, 2.24) is 10.2 Å². The number of carbonyl (C=O) groups excluding carboxylic acids is 3. The molecule has 0 saturated carbocycles. The van der Waals surface area contributed by atoms with E-state index in [1.165, 1.54) is 0 Å². The summed E-state index contributed by atoms with van der Waals surface area (Å²) < 4.78 is 0. The first-order chi connectivity index (χ1) is 11.6. The van der Waals surface area contributed by atoms with Crippen LogP contribution in [-0.4, -0.2) is 35.7 Å². The Labute approximate surface area is 143 Å². The van der Waals surface area contributed by atoms with Gasteiger partial charge in [-0.25, -0.2) is 0 Å². The van der Waals surface area contributed by atoms with Crippen LogP contribution in [0.2, 0.25) is 0 Å². The van der Waals surface area contributed by atoms with Gasteiger partial charge in [-0.1, -0.05) is 33.8 Å². The molecule has 1 aromatic rings. The molecule has 1 unspecified atom stereocenters. The van der Waals surface area contributed by atoms with E-state index >= 15 is 0 Å². The molecule has 0 bridgehead atoms. The summed E-state index contributed by atoms with van der Waals surface area (Å²) in [5.41, 5.74) is 2.43. The maximum absolute atomic E-state index is 12.4. The van der Waals surface area contributed by atoms with Crippen LogP contribution < -0.4 is 10.6 Å². The molecule has 1 fully saturated rings. The fourth-order valence-electron chi connectivity index (χ4n) is 2.82. The Morgan fingerprint density at radius 1 is 1.12 bits per heavy atom. The smallest absolute Gasteiger partial charge is 0.255 e. The lowest BCUT2D eigenvalue weighted by Crippen LogP contribution is -2.52. The van der Waals surface area contributed by atoms with Gasteiger partial charge in [-0.15, -0.1) is 0 Å². The number of rotatable bonds is 2. The number of anilines is 1. The lowest BCUT2D eigenvalue weighted by atomic mass is 10.0. The quantitative estimate of drug-likeness (QED) is 0.815. The van der Waals surface area contributed by atoms with Gasteiger partial charge in [0.1, 0.15) is 6.04 Å². The van der Waals surface area contributed by atoms with Crippen LogP contribution in [0.5, 0.6) is 0 Å². The van der Waals surface area contributed by atoms with Crippen molar-refractivity contribution in [2.45, 2.75) is 53.1 Å². The Balaban J connectivity index is 0.000000671. The largest absolute Gasteiger partial charge is 0.388 e. The third-order valence-electron chi connectivity index (χ3n) is 3.85. The van der Waals surface area contributed by atoms with Crippen LogP contribution in [0.1, 0.15) is 56.5 Å². The van der Waals surface area contributed by atoms with Crippen molar-refractivity contribution in [3.63, 3.8) is 0 Å². The van der Waals surface area contributed by atoms with Crippen LogP contribution in [0.25, 0.3) is 0 Å². The second kappa shape index (κ2) is 9.05. The molecule has 2 heterocycles. The molecule has 2 N–H and O–H groups in total. The number of amides is 3. The van der Waals surface area contributed by atoms with Crippen LogP contribution in [0.3, 0.4) is 0 Å². The van der Waals surface area contributed by atoms with Gasteiger partial charge in [0.25, 0.3) is 5.91 Å². The second-order valence-electron chi connectivity index (χ2n) is 4.98. The zero-order chi connectivity index (χ0) is 18.3. The summed E-state index contributed by atoms with van der Waals surface area (Å²) >= 11 is 0. The highest BCUT2D eigenvalue weighted by Crippen LogP contribution is 2.31. The summed E-state index contributed by atoms with van der Waals surface area (Å²) in [4.78, 5) is 37.1. The molecular weight excluding hydrogens is 306 g/mol. The topological polar surface area (TPSA) is 78.5 Å². The number of benzene rings is 1. The minimum atomic E-state index is -0.558. The van der Waals surface area contributed by atoms with Gasteiger partial charge >= 0.3 is 0 Å². The molecule has 132 valence electrons. The Kier molecular flexibility index (Phi) is 7.42. The van der Waals surface area contributed by atoms with E-state index in [4.69, 9.17) is 0 Å². The Hall–Kier alpha value is -2.37. The SMILES string of the molecule is CC.CC.CNc1cccc2c1CN(C1CCC(=O)NC1=O)C2=O. The third kappa shape index (κ3) is 3.75. The van der Waals surface area contributed by atoms with Crippen LogP contribution in [-0.2, 0) is 16.1 Å². The van der Waals surface area contributed by atoms with Crippen molar-refractivity contribution >= 4 is 23.4 Å². The number of carbonyl (C=O) groups is 3. The Bertz CT molecular complexity index is 614. The second-order valence-corrected chi connectivity index (χ2v) is 4.98. The number of hydrogen-bond acceptors (Lipinski definition) is 4. The van der Waals surface area contributed by atoms with Crippen molar-refractivity contribution in [2.75, 3.05) is 12.4 Å². The zero-order valence-corrected chi connectivity index (χ0v) is 15.1. The maximum Gasteiger partial charge on any atom is 0.255 e. The van der Waals surface area contributed by atoms with Gasteiger partial charge in [0.2, 0.25) is 11.8 Å². The van der Waals surface area contributed by atoms with Crippen molar-refractivity contribution in [1.29, 1.82) is 0 Å². The molecule has 1 atom stereocenters. The van der Waals surface area contributed by atoms with E-state index in [1.807, 2.05) is 39.8 Å². The van der Waals surface area contributed by atoms with E-state index in [0.717, 1.165) is 11.3 Å². The van der Waals surface area contributed by atoms with Crippen LogP contribution in [0.15, 0.2) is 18.2 Å². The predicted octanol–water partition coefficient (Wildman–Crippen LogP) is 2.54. The van der Waals surface area contributed by atoms with Crippen LogP contribution >= 0.6 is 0 Å². The molecule has 0 radical (unpaired) electrons. The van der Waals surface area contributed by atoms with Gasteiger partial charge in [-0.2, -0.15) is 0 Å². The van der Waals surface area contributed by atoms with Crippen molar-refractivity contribution < 1.29 is 14.4 Å². The summed E-state index contributed by atoms with van der Waals surface area (Å²) in [5, 5.41) is 5.35. The average Bonchev–Trinajstić information content (AvgIpc) is 2.95. The summed E-state index contributed by atoms with van der Waals surface area (Å²) in [6.45, 7) is 8.40. The highest BCUT2D eigenvalue weighted by Gasteiger charge is 2.39. The number of nitrogens with zero attached hydrogens (tertiary/aromatic N) is 1. The van der Waals surface area contributed by atoms with Crippen molar-refractivity contribution in [2.24, 2.45) is 0 Å². The van der Waals surface area contributed by atoms with Gasteiger partial charge in [0, 0.05) is 36.8 Å². The molecule has 1 saturated heterocycles. The maximum atomic E-state index is 12.4. The summed E-state index contributed by atoms with van der Waals surface area (Å²) in [6, 6.07) is 4.93. The molecule has 0 aromatic heterocycles. The number of piperidine rings is 1. The first-order valence-corrected chi connectivity index (χ1v) is 8.56. The van der Waals surface area contributed by atoms with Crippen LogP contribution in [0, 0.1) is 0 Å². The lowest BCUT2D eigenvalue weighted by Gasteiger charge is -2.29. The Morgan fingerprint density at radius 3 is 2.38 bits per heavy atom. The molecule has 24 heavy (non-hydrogen) atoms. The number of nitrogens with one attached hydrogen (secondary N) is 2. The van der Waals surface area contributed by atoms with E-state index in [0.29, 0.717) is 18.5 Å². The standard InChI is InChI=1S/C14H15N3O3.2C2H6/c1-15-10-4-2-3-8-9(10)7-17(14(8)20)11-5-6-12(18)16-13(11)19;2*1-2/h2-4,11,15H,5-7H2,1H3,(H,16,18,19);2*1-2H3. The minimum absolute atomic E-state index is 0.147. The van der Waals surface area contributed by atoms with Gasteiger partial charge < -0.3 is 10.2 Å². The normalized spacial score (nSPS) is 18.6. The van der Waals surface area contributed by atoms with E-state index in [1.54, 1.807) is 18.0 Å². The Morgan fingerprint density at radius 2 is 1.79 bits per heavy atom. The molecule has 2 aliphatic heterocycles.